The molecule has 5 rings (SSSR count). The lowest BCUT2D eigenvalue weighted by Crippen LogP contribution is -2.59. The monoisotopic (exact) mass is 471 g/mol. The summed E-state index contributed by atoms with van der Waals surface area (Å²) in [7, 11) is 1.58. The normalized spacial score (nSPS) is 18.4. The molecule has 34 heavy (non-hydrogen) atoms. The standard InChI is InChI=1S/C23H23F2N5O4/c1-32-20-7-6-18-21(28-20)19(8-9-26-18)29-11-14(12-29)27-10-17-13-30(23(31)34-17)15-2-4-16(5-3-15)33-22(24)25/h2-9,14,17,22,27H,10-13H2,1H3. The number of hydrogen-bond donors (Lipinski definition) is 1. The Morgan fingerprint density at radius 2 is 1.94 bits per heavy atom. The van der Waals surface area contributed by atoms with Crippen molar-refractivity contribution < 1.29 is 27.8 Å². The Labute approximate surface area is 194 Å². The van der Waals surface area contributed by atoms with Crippen molar-refractivity contribution in [3.8, 4) is 11.6 Å². The Hall–Kier alpha value is -3.73. The molecule has 0 spiro atoms. The van der Waals surface area contributed by atoms with Crippen molar-refractivity contribution in [3.05, 3.63) is 48.7 Å². The third kappa shape index (κ3) is 4.51. The average molecular weight is 471 g/mol. The predicted octanol–water partition coefficient (Wildman–Crippen LogP) is 3.04. The number of fused-ring (bicyclic) bond motifs is 1. The summed E-state index contributed by atoms with van der Waals surface area (Å²) in [5.41, 5.74) is 3.17. The van der Waals surface area contributed by atoms with Gasteiger partial charge in [0.15, 0.2) is 0 Å². The summed E-state index contributed by atoms with van der Waals surface area (Å²) in [4.78, 5) is 24.9. The molecule has 1 N–H and O–H groups in total. The van der Waals surface area contributed by atoms with Crippen molar-refractivity contribution in [2.24, 2.45) is 0 Å². The number of nitrogens with zero attached hydrogens (tertiary/aromatic N) is 4. The number of cyclic esters (lactones) is 1. The maximum atomic E-state index is 12.3. The molecule has 2 saturated heterocycles. The number of alkyl halides is 2. The summed E-state index contributed by atoms with van der Waals surface area (Å²) < 4.78 is 39.7. The lowest BCUT2D eigenvalue weighted by atomic mass is 10.1. The summed E-state index contributed by atoms with van der Waals surface area (Å²) in [6.07, 6.45) is 0.991. The molecule has 1 atom stereocenters. The maximum absolute atomic E-state index is 12.3. The van der Waals surface area contributed by atoms with Crippen LogP contribution in [0.5, 0.6) is 11.6 Å². The Bertz CT molecular complexity index is 1170. The first-order valence-electron chi connectivity index (χ1n) is 10.8. The third-order valence-corrected chi connectivity index (χ3v) is 5.85. The number of halogens is 2. The summed E-state index contributed by atoms with van der Waals surface area (Å²) >= 11 is 0. The van der Waals surface area contributed by atoms with E-state index in [4.69, 9.17) is 9.47 Å². The van der Waals surface area contributed by atoms with Crippen LogP contribution < -0.4 is 24.6 Å². The van der Waals surface area contributed by atoms with Crippen LogP contribution in [0, 0.1) is 0 Å². The van der Waals surface area contributed by atoms with Crippen LogP contribution in [0.1, 0.15) is 0 Å². The van der Waals surface area contributed by atoms with Crippen LogP contribution in [-0.4, -0.2) is 68.1 Å². The molecule has 2 aliphatic rings. The zero-order valence-corrected chi connectivity index (χ0v) is 18.4. The highest BCUT2D eigenvalue weighted by atomic mass is 19.3. The van der Waals surface area contributed by atoms with Gasteiger partial charge in [0.05, 0.1) is 24.9 Å². The van der Waals surface area contributed by atoms with E-state index in [0.717, 1.165) is 29.8 Å². The van der Waals surface area contributed by atoms with Crippen molar-refractivity contribution in [2.45, 2.75) is 18.8 Å². The van der Waals surface area contributed by atoms with Crippen LogP contribution in [0.3, 0.4) is 0 Å². The van der Waals surface area contributed by atoms with Gasteiger partial charge in [0.25, 0.3) is 0 Å². The van der Waals surface area contributed by atoms with Crippen LogP contribution in [0.4, 0.5) is 25.0 Å². The minimum absolute atomic E-state index is 0.0367. The predicted molar refractivity (Wildman–Crippen MR) is 121 cm³/mol. The molecule has 2 aliphatic heterocycles. The van der Waals surface area contributed by atoms with Gasteiger partial charge in [-0.2, -0.15) is 8.78 Å². The van der Waals surface area contributed by atoms with Gasteiger partial charge in [-0.3, -0.25) is 9.88 Å². The van der Waals surface area contributed by atoms with E-state index in [1.165, 1.54) is 17.0 Å². The minimum atomic E-state index is -2.89. The highest BCUT2D eigenvalue weighted by Gasteiger charge is 2.34. The number of anilines is 2. The van der Waals surface area contributed by atoms with Gasteiger partial charge in [-0.05, 0) is 36.4 Å². The molecule has 1 unspecified atom stereocenters. The lowest BCUT2D eigenvalue weighted by Gasteiger charge is -2.41. The lowest BCUT2D eigenvalue weighted by molar-refractivity contribution is -0.0498. The SMILES string of the molecule is COc1ccc2nccc(N3CC(NCC4CN(c5ccc(OC(F)F)cc5)C(=O)O4)C3)c2n1. The number of pyridine rings is 2. The van der Waals surface area contributed by atoms with Gasteiger partial charge < -0.3 is 24.4 Å². The average Bonchev–Trinajstić information content (AvgIpc) is 3.18. The molecule has 0 radical (unpaired) electrons. The van der Waals surface area contributed by atoms with E-state index in [1.807, 2.05) is 12.1 Å². The fourth-order valence-corrected chi connectivity index (χ4v) is 4.11. The number of ether oxygens (including phenoxy) is 3. The number of aromatic nitrogens is 2. The number of nitrogens with one attached hydrogen (secondary N) is 1. The number of benzene rings is 1. The first-order chi connectivity index (χ1) is 16.5. The quantitative estimate of drug-likeness (QED) is 0.536. The fourth-order valence-electron chi connectivity index (χ4n) is 4.11. The van der Waals surface area contributed by atoms with E-state index >= 15 is 0 Å². The number of hydrogen-bond acceptors (Lipinski definition) is 8. The molecular formula is C23H23F2N5O4. The van der Waals surface area contributed by atoms with E-state index in [-0.39, 0.29) is 17.9 Å². The molecule has 4 heterocycles. The van der Waals surface area contributed by atoms with Crippen LogP contribution in [0.25, 0.3) is 11.0 Å². The molecule has 178 valence electrons. The van der Waals surface area contributed by atoms with Crippen LogP contribution in [-0.2, 0) is 4.74 Å². The zero-order chi connectivity index (χ0) is 23.7. The Morgan fingerprint density at radius 1 is 1.15 bits per heavy atom. The fraction of sp³-hybridized carbons (Fsp3) is 0.348. The Kier molecular flexibility index (Phi) is 6.01. The molecule has 1 amide bonds. The van der Waals surface area contributed by atoms with Gasteiger partial charge in [0, 0.05) is 43.6 Å². The van der Waals surface area contributed by atoms with Crippen molar-refractivity contribution in [1.29, 1.82) is 0 Å². The second-order valence-electron chi connectivity index (χ2n) is 8.05. The first kappa shape index (κ1) is 22.1. The molecule has 2 aromatic heterocycles. The van der Waals surface area contributed by atoms with Crippen molar-refractivity contribution in [1.82, 2.24) is 15.3 Å². The molecule has 2 fully saturated rings. The van der Waals surface area contributed by atoms with Crippen molar-refractivity contribution in [3.63, 3.8) is 0 Å². The molecule has 3 aromatic rings. The van der Waals surface area contributed by atoms with E-state index in [9.17, 15) is 13.6 Å². The number of carbonyl (C=O) groups is 1. The topological polar surface area (TPSA) is 89.1 Å². The summed E-state index contributed by atoms with van der Waals surface area (Å²) in [5, 5.41) is 3.45. The second kappa shape index (κ2) is 9.26. The van der Waals surface area contributed by atoms with Gasteiger partial charge in [-0.25, -0.2) is 9.78 Å². The highest BCUT2D eigenvalue weighted by molar-refractivity contribution is 5.90. The first-order valence-corrected chi connectivity index (χ1v) is 10.8. The smallest absolute Gasteiger partial charge is 0.414 e. The number of carbonyl (C=O) groups excluding carboxylic acids is 1. The Morgan fingerprint density at radius 3 is 2.68 bits per heavy atom. The molecule has 1 aromatic carbocycles. The van der Waals surface area contributed by atoms with Crippen LogP contribution in [0.15, 0.2) is 48.7 Å². The van der Waals surface area contributed by atoms with Crippen LogP contribution in [0.2, 0.25) is 0 Å². The Balaban J connectivity index is 1.14. The molecular weight excluding hydrogens is 448 g/mol. The van der Waals surface area contributed by atoms with Crippen molar-refractivity contribution >= 4 is 28.5 Å². The number of amides is 1. The largest absolute Gasteiger partial charge is 0.481 e. The second-order valence-corrected chi connectivity index (χ2v) is 8.05. The molecule has 9 nitrogen and oxygen atoms in total. The van der Waals surface area contributed by atoms with Gasteiger partial charge in [-0.15, -0.1) is 0 Å². The highest BCUT2D eigenvalue weighted by Crippen LogP contribution is 2.29. The van der Waals surface area contributed by atoms with E-state index in [2.05, 4.69) is 24.9 Å². The summed E-state index contributed by atoms with van der Waals surface area (Å²) in [6, 6.07) is 11.8. The van der Waals surface area contributed by atoms with E-state index < -0.39 is 12.7 Å². The molecule has 11 heteroatoms. The molecule has 0 saturated carbocycles. The van der Waals surface area contributed by atoms with Gasteiger partial charge in [0.2, 0.25) is 5.88 Å². The van der Waals surface area contributed by atoms with Gasteiger partial charge in [-0.1, -0.05) is 0 Å². The van der Waals surface area contributed by atoms with E-state index in [1.54, 1.807) is 31.5 Å². The molecule has 0 aliphatic carbocycles. The minimum Gasteiger partial charge on any atom is -0.481 e. The number of methoxy groups -OCH3 is 1. The molecule has 0 bridgehead atoms. The van der Waals surface area contributed by atoms with Crippen LogP contribution >= 0.6 is 0 Å². The third-order valence-electron chi connectivity index (χ3n) is 5.85. The summed E-state index contributed by atoms with van der Waals surface area (Å²) in [6.45, 7) is -0.439. The van der Waals surface area contributed by atoms with Gasteiger partial charge in [0.1, 0.15) is 17.4 Å². The zero-order valence-electron chi connectivity index (χ0n) is 18.4. The maximum Gasteiger partial charge on any atom is 0.414 e. The van der Waals surface area contributed by atoms with Gasteiger partial charge >= 0.3 is 12.7 Å². The number of rotatable bonds is 8. The van der Waals surface area contributed by atoms with Crippen molar-refractivity contribution in [2.75, 3.05) is 43.1 Å². The summed E-state index contributed by atoms with van der Waals surface area (Å²) in [5.74, 6) is 0.579. The van der Waals surface area contributed by atoms with E-state index in [0.29, 0.717) is 24.7 Å².